The minimum Gasteiger partial charge on any atom is -0.351 e. The summed E-state index contributed by atoms with van der Waals surface area (Å²) in [7, 11) is 0. The molecule has 0 saturated heterocycles. The predicted molar refractivity (Wildman–Crippen MR) is 133 cm³/mol. The van der Waals surface area contributed by atoms with Crippen molar-refractivity contribution in [1.82, 2.24) is 10.3 Å². The summed E-state index contributed by atoms with van der Waals surface area (Å²) in [6.07, 6.45) is 9.06. The molecule has 1 aliphatic rings. The van der Waals surface area contributed by atoms with Crippen molar-refractivity contribution in [3.8, 4) is 0 Å². The Balaban J connectivity index is 1.74. The van der Waals surface area contributed by atoms with Gasteiger partial charge < -0.3 is 5.32 Å². The van der Waals surface area contributed by atoms with Crippen LogP contribution in [0.2, 0.25) is 0 Å². The molecule has 0 spiro atoms. The summed E-state index contributed by atoms with van der Waals surface area (Å²) in [5.41, 5.74) is 3.73. The second-order valence-electron chi connectivity index (χ2n) is 8.82. The van der Waals surface area contributed by atoms with E-state index in [4.69, 9.17) is 0 Å². The Morgan fingerprint density at radius 3 is 2.48 bits per heavy atom. The molecule has 0 aliphatic heterocycles. The number of aryl methyl sites for hydroxylation is 2. The van der Waals surface area contributed by atoms with Crippen LogP contribution in [0.4, 0.5) is 5.69 Å². The number of thiophene rings is 1. The van der Waals surface area contributed by atoms with Crippen LogP contribution in [-0.4, -0.2) is 22.8 Å². The van der Waals surface area contributed by atoms with Crippen LogP contribution in [0.1, 0.15) is 59.7 Å². The molecule has 2 aromatic heterocycles. The first-order valence-electron chi connectivity index (χ1n) is 11.6. The van der Waals surface area contributed by atoms with E-state index in [1.54, 1.807) is 28.6 Å². The van der Waals surface area contributed by atoms with Crippen LogP contribution in [0.3, 0.4) is 0 Å². The Hall–Kier alpha value is -2.99. The van der Waals surface area contributed by atoms with Crippen LogP contribution in [0.15, 0.2) is 60.2 Å². The fraction of sp³-hybridized carbons (Fsp3) is 0.370. The van der Waals surface area contributed by atoms with Crippen LogP contribution in [0.25, 0.3) is 0 Å². The summed E-state index contributed by atoms with van der Waals surface area (Å²) in [5.74, 6) is -0.229. The van der Waals surface area contributed by atoms with Gasteiger partial charge >= 0.3 is 0 Å². The van der Waals surface area contributed by atoms with E-state index < -0.39 is 6.04 Å². The predicted octanol–water partition coefficient (Wildman–Crippen LogP) is 5.53. The number of benzene rings is 1. The van der Waals surface area contributed by atoms with E-state index in [0.717, 1.165) is 52.9 Å². The summed E-state index contributed by atoms with van der Waals surface area (Å²) in [5, 5.41) is 5.23. The maximum Gasteiger partial charge on any atom is 0.248 e. The van der Waals surface area contributed by atoms with E-state index in [1.165, 1.54) is 6.42 Å². The van der Waals surface area contributed by atoms with Crippen LogP contribution in [0.5, 0.6) is 0 Å². The highest BCUT2D eigenvalue weighted by Gasteiger charge is 2.34. The van der Waals surface area contributed by atoms with Crippen LogP contribution in [-0.2, 0) is 16.0 Å². The van der Waals surface area contributed by atoms with E-state index in [0.29, 0.717) is 0 Å². The van der Waals surface area contributed by atoms with Crippen molar-refractivity contribution in [1.29, 1.82) is 0 Å². The van der Waals surface area contributed by atoms with Crippen molar-refractivity contribution in [2.75, 3.05) is 4.90 Å². The monoisotopic (exact) mass is 461 g/mol. The molecular weight excluding hydrogens is 430 g/mol. The third-order valence-electron chi connectivity index (χ3n) is 6.42. The Bertz CT molecular complexity index is 1080. The smallest absolute Gasteiger partial charge is 0.248 e. The largest absolute Gasteiger partial charge is 0.351 e. The molecule has 0 unspecified atom stereocenters. The van der Waals surface area contributed by atoms with Crippen molar-refractivity contribution in [2.24, 2.45) is 0 Å². The van der Waals surface area contributed by atoms with E-state index >= 15 is 0 Å². The Labute approximate surface area is 199 Å². The minimum atomic E-state index is -0.760. The van der Waals surface area contributed by atoms with Crippen molar-refractivity contribution in [3.05, 3.63) is 81.8 Å². The summed E-state index contributed by atoms with van der Waals surface area (Å²) in [6, 6.07) is 12.9. The van der Waals surface area contributed by atoms with Gasteiger partial charge in [-0.15, -0.1) is 11.3 Å². The van der Waals surface area contributed by atoms with Crippen LogP contribution >= 0.6 is 11.3 Å². The average molecular weight is 462 g/mol. The van der Waals surface area contributed by atoms with Gasteiger partial charge in [0.05, 0.1) is 6.42 Å². The second kappa shape index (κ2) is 10.8. The fourth-order valence-corrected chi connectivity index (χ4v) is 5.15. The Kier molecular flexibility index (Phi) is 7.55. The van der Waals surface area contributed by atoms with Crippen molar-refractivity contribution >= 4 is 28.8 Å². The molecule has 1 atom stereocenters. The molecule has 4 rings (SSSR count). The van der Waals surface area contributed by atoms with Gasteiger partial charge in [-0.25, -0.2) is 0 Å². The molecule has 1 saturated carbocycles. The van der Waals surface area contributed by atoms with Gasteiger partial charge in [0.25, 0.3) is 0 Å². The fourth-order valence-electron chi connectivity index (χ4n) is 4.45. The molecule has 3 aromatic rings. The molecule has 172 valence electrons. The normalized spacial score (nSPS) is 15.1. The van der Waals surface area contributed by atoms with E-state index in [9.17, 15) is 9.59 Å². The zero-order valence-corrected chi connectivity index (χ0v) is 20.1. The molecule has 33 heavy (non-hydrogen) atoms. The number of carbonyl (C=O) groups is 2. The van der Waals surface area contributed by atoms with Gasteiger partial charge in [0, 0.05) is 29.0 Å². The number of nitrogens with zero attached hydrogens (tertiary/aromatic N) is 2. The summed E-state index contributed by atoms with van der Waals surface area (Å²) >= 11 is 1.56. The van der Waals surface area contributed by atoms with Crippen LogP contribution in [0, 0.1) is 13.8 Å². The highest BCUT2D eigenvalue weighted by Crippen LogP contribution is 2.31. The van der Waals surface area contributed by atoms with Crippen LogP contribution < -0.4 is 10.2 Å². The van der Waals surface area contributed by atoms with Crippen molar-refractivity contribution in [2.45, 2.75) is 64.5 Å². The molecule has 0 radical (unpaired) electrons. The SMILES string of the molecule is Cc1ccc(N(C(=O)Cc2cccs2)[C@H](C(=O)NC2CCCCC2)c2ccncc2)cc1C. The van der Waals surface area contributed by atoms with Gasteiger partial charge in [-0.3, -0.25) is 19.5 Å². The number of pyridine rings is 1. The summed E-state index contributed by atoms with van der Waals surface area (Å²) in [4.78, 5) is 34.3. The standard InChI is InChI=1S/C27H31N3O2S/c1-19-10-11-23(17-20(19)2)30(25(31)18-24-9-6-16-33-24)26(21-12-14-28-15-13-21)27(32)29-22-7-4-3-5-8-22/h6,9-17,22,26H,3-5,7-8,18H2,1-2H3,(H,29,32)/t26-/m0/s1. The lowest BCUT2D eigenvalue weighted by Gasteiger charge is -2.33. The highest BCUT2D eigenvalue weighted by atomic mass is 32.1. The molecule has 1 aromatic carbocycles. The Morgan fingerprint density at radius 2 is 1.82 bits per heavy atom. The zero-order valence-electron chi connectivity index (χ0n) is 19.3. The average Bonchev–Trinajstić information content (AvgIpc) is 3.33. The first kappa shape index (κ1) is 23.2. The third kappa shape index (κ3) is 5.69. The molecule has 2 heterocycles. The van der Waals surface area contributed by atoms with Gasteiger partial charge in [-0.05, 0) is 79.1 Å². The summed E-state index contributed by atoms with van der Waals surface area (Å²) in [6.45, 7) is 4.08. The van der Waals surface area contributed by atoms with Gasteiger partial charge in [-0.2, -0.15) is 0 Å². The Morgan fingerprint density at radius 1 is 1.06 bits per heavy atom. The van der Waals surface area contributed by atoms with Crippen molar-refractivity contribution < 1.29 is 9.59 Å². The molecular formula is C27H31N3O2S. The zero-order chi connectivity index (χ0) is 23.2. The number of rotatable bonds is 7. The number of aromatic nitrogens is 1. The summed E-state index contributed by atoms with van der Waals surface area (Å²) < 4.78 is 0. The van der Waals surface area contributed by atoms with Gasteiger partial charge in [0.2, 0.25) is 11.8 Å². The van der Waals surface area contributed by atoms with E-state index in [-0.39, 0.29) is 24.3 Å². The molecule has 1 fully saturated rings. The maximum atomic E-state index is 13.8. The minimum absolute atomic E-state index is 0.0960. The number of amides is 2. The second-order valence-corrected chi connectivity index (χ2v) is 9.85. The maximum absolute atomic E-state index is 13.8. The van der Waals surface area contributed by atoms with E-state index in [1.807, 2.05) is 61.7 Å². The molecule has 1 N–H and O–H groups in total. The quantitative estimate of drug-likeness (QED) is 0.503. The molecule has 6 heteroatoms. The lowest BCUT2D eigenvalue weighted by atomic mass is 9.94. The highest BCUT2D eigenvalue weighted by molar-refractivity contribution is 7.10. The molecule has 1 aliphatic carbocycles. The lowest BCUT2D eigenvalue weighted by molar-refractivity contribution is -0.127. The molecule has 2 amide bonds. The van der Waals surface area contributed by atoms with E-state index in [2.05, 4.69) is 10.3 Å². The number of hydrogen-bond donors (Lipinski definition) is 1. The first-order valence-corrected chi connectivity index (χ1v) is 12.5. The molecule has 0 bridgehead atoms. The van der Waals surface area contributed by atoms with Crippen molar-refractivity contribution in [3.63, 3.8) is 0 Å². The van der Waals surface area contributed by atoms with Gasteiger partial charge in [0.1, 0.15) is 6.04 Å². The third-order valence-corrected chi connectivity index (χ3v) is 7.30. The van der Waals surface area contributed by atoms with Gasteiger partial charge in [-0.1, -0.05) is 31.4 Å². The lowest BCUT2D eigenvalue weighted by Crippen LogP contribution is -2.47. The molecule has 5 nitrogen and oxygen atoms in total. The topological polar surface area (TPSA) is 62.3 Å². The first-order chi connectivity index (χ1) is 16.0. The van der Waals surface area contributed by atoms with Gasteiger partial charge in [0.15, 0.2) is 0 Å². The number of hydrogen-bond acceptors (Lipinski definition) is 4. The number of nitrogens with one attached hydrogen (secondary N) is 1. The number of carbonyl (C=O) groups excluding carboxylic acids is 2. The number of anilines is 1.